The van der Waals surface area contributed by atoms with E-state index in [1.807, 2.05) is 0 Å². The Morgan fingerprint density at radius 3 is 2.47 bits per heavy atom. The van der Waals surface area contributed by atoms with Gasteiger partial charge in [0.2, 0.25) is 5.88 Å². The van der Waals surface area contributed by atoms with E-state index in [-0.39, 0.29) is 21.4 Å². The Balaban J connectivity index is 2.01. The van der Waals surface area contributed by atoms with Crippen molar-refractivity contribution in [1.82, 2.24) is 4.98 Å². The minimum atomic E-state index is -4.80. The molecule has 0 aliphatic rings. The predicted molar refractivity (Wildman–Crippen MR) is 108 cm³/mol. The van der Waals surface area contributed by atoms with E-state index >= 15 is 0 Å². The Morgan fingerprint density at radius 1 is 1.12 bits per heavy atom. The van der Waals surface area contributed by atoms with Gasteiger partial charge in [0.15, 0.2) is 9.84 Å². The molecule has 0 aliphatic heterocycles. The van der Waals surface area contributed by atoms with Crippen molar-refractivity contribution in [2.24, 2.45) is 0 Å². The van der Waals surface area contributed by atoms with E-state index in [4.69, 9.17) is 16.3 Å². The molecule has 0 saturated carbocycles. The van der Waals surface area contributed by atoms with E-state index in [1.165, 1.54) is 18.2 Å². The number of benzene rings is 2. The molecule has 3 aromatic rings. The molecule has 3 rings (SSSR count). The van der Waals surface area contributed by atoms with Crippen LogP contribution in [0, 0.1) is 5.82 Å². The summed E-state index contributed by atoms with van der Waals surface area (Å²) in [6, 6.07) is 8.70. The number of alkyl halides is 3. The maximum atomic E-state index is 13.2. The van der Waals surface area contributed by atoms with E-state index in [0.717, 1.165) is 30.5 Å². The highest BCUT2D eigenvalue weighted by molar-refractivity contribution is 7.90. The Morgan fingerprint density at radius 2 is 1.84 bits per heavy atom. The number of aromatic nitrogens is 1. The molecule has 0 fully saturated rings. The molecule has 32 heavy (non-hydrogen) atoms. The number of hydrogen-bond acceptors (Lipinski definition) is 5. The molecule has 2 aromatic carbocycles. The summed E-state index contributed by atoms with van der Waals surface area (Å²) < 4.78 is 81.5. The van der Waals surface area contributed by atoms with E-state index in [0.29, 0.717) is 12.3 Å². The first-order chi connectivity index (χ1) is 14.8. The van der Waals surface area contributed by atoms with Crippen LogP contribution in [0.2, 0.25) is 5.02 Å². The summed E-state index contributed by atoms with van der Waals surface area (Å²) in [5.74, 6) is -2.40. The highest BCUT2D eigenvalue weighted by Gasteiger charge is 2.33. The number of sulfone groups is 1. The number of nitrogens with zero attached hydrogens (tertiary/aromatic N) is 1. The molecule has 0 unspecified atom stereocenters. The van der Waals surface area contributed by atoms with Crippen molar-refractivity contribution in [3.8, 4) is 11.6 Å². The smallest absolute Gasteiger partial charge is 0.417 e. The Labute approximate surface area is 184 Å². The van der Waals surface area contributed by atoms with Crippen LogP contribution in [0.5, 0.6) is 11.6 Å². The second-order valence-electron chi connectivity index (χ2n) is 6.51. The number of ether oxygens (including phenoxy) is 1. The van der Waals surface area contributed by atoms with Crippen LogP contribution in [-0.2, 0) is 16.0 Å². The molecule has 12 heteroatoms. The van der Waals surface area contributed by atoms with Gasteiger partial charge in [-0.25, -0.2) is 17.8 Å². The summed E-state index contributed by atoms with van der Waals surface area (Å²) in [7, 11) is -3.59. The van der Waals surface area contributed by atoms with Gasteiger partial charge < -0.3 is 10.1 Å². The highest BCUT2D eigenvalue weighted by Crippen LogP contribution is 2.35. The number of carbonyl (C=O) groups is 1. The minimum Gasteiger partial charge on any atom is -0.437 e. The van der Waals surface area contributed by atoms with Crippen molar-refractivity contribution in [3.05, 3.63) is 76.7 Å². The molecule has 1 N–H and O–H groups in total. The summed E-state index contributed by atoms with van der Waals surface area (Å²) in [4.78, 5) is 16.2. The van der Waals surface area contributed by atoms with Crippen molar-refractivity contribution in [3.63, 3.8) is 0 Å². The average molecular weight is 489 g/mol. The second kappa shape index (κ2) is 8.75. The van der Waals surface area contributed by atoms with Crippen LogP contribution in [0.3, 0.4) is 0 Å². The van der Waals surface area contributed by atoms with Crippen molar-refractivity contribution in [2.75, 3.05) is 11.6 Å². The van der Waals surface area contributed by atoms with E-state index in [9.17, 15) is 30.8 Å². The molecule has 0 spiro atoms. The Bertz CT molecular complexity index is 1300. The third-order valence-corrected chi connectivity index (χ3v) is 5.45. The fraction of sp³-hybridized carbons (Fsp3) is 0.100. The van der Waals surface area contributed by atoms with Gasteiger partial charge in [0.1, 0.15) is 17.1 Å². The predicted octanol–water partition coefficient (Wildman–Crippen LogP) is 5.34. The molecule has 0 aliphatic carbocycles. The van der Waals surface area contributed by atoms with Gasteiger partial charge in [0.25, 0.3) is 5.91 Å². The SMILES string of the molecule is CS(=O)(=O)c1cccc(NC(=O)c2cc(C(F)(F)F)cnc2Oc2ccc(F)cc2Cl)c1. The van der Waals surface area contributed by atoms with Crippen molar-refractivity contribution in [1.29, 1.82) is 0 Å². The molecule has 0 radical (unpaired) electrons. The van der Waals surface area contributed by atoms with Crippen LogP contribution in [0.4, 0.5) is 23.2 Å². The van der Waals surface area contributed by atoms with Gasteiger partial charge in [-0.15, -0.1) is 0 Å². The van der Waals surface area contributed by atoms with Crippen molar-refractivity contribution < 1.29 is 35.5 Å². The number of rotatable bonds is 5. The third kappa shape index (κ3) is 5.54. The summed E-state index contributed by atoms with van der Waals surface area (Å²) in [6.45, 7) is 0. The van der Waals surface area contributed by atoms with Crippen LogP contribution in [0.1, 0.15) is 15.9 Å². The molecule has 1 aromatic heterocycles. The zero-order valence-electron chi connectivity index (χ0n) is 16.1. The van der Waals surface area contributed by atoms with Gasteiger partial charge in [-0.05, 0) is 42.5 Å². The zero-order chi connectivity index (χ0) is 23.7. The molecule has 1 heterocycles. The van der Waals surface area contributed by atoms with Gasteiger partial charge in [0.05, 0.1) is 15.5 Å². The van der Waals surface area contributed by atoms with Crippen LogP contribution < -0.4 is 10.1 Å². The lowest BCUT2D eigenvalue weighted by Crippen LogP contribution is -2.16. The number of carbonyl (C=O) groups excluding carboxylic acids is 1. The van der Waals surface area contributed by atoms with Crippen LogP contribution in [-0.4, -0.2) is 25.6 Å². The monoisotopic (exact) mass is 488 g/mol. The van der Waals surface area contributed by atoms with E-state index < -0.39 is 44.7 Å². The maximum Gasteiger partial charge on any atom is 0.417 e. The first-order valence-corrected chi connectivity index (χ1v) is 10.9. The number of nitrogens with one attached hydrogen (secondary N) is 1. The Kier molecular flexibility index (Phi) is 6.42. The average Bonchev–Trinajstić information content (AvgIpc) is 2.69. The molecule has 0 bridgehead atoms. The fourth-order valence-electron chi connectivity index (χ4n) is 2.52. The molecular formula is C20H13ClF4N2O4S. The normalized spacial score (nSPS) is 11.8. The Hall–Kier alpha value is -3.18. The first kappa shape index (κ1) is 23.5. The zero-order valence-corrected chi connectivity index (χ0v) is 17.6. The van der Waals surface area contributed by atoms with Gasteiger partial charge in [-0.1, -0.05) is 17.7 Å². The lowest BCUT2D eigenvalue weighted by molar-refractivity contribution is -0.137. The number of anilines is 1. The summed E-state index contributed by atoms with van der Waals surface area (Å²) in [5.41, 5.74) is -1.81. The molecule has 6 nitrogen and oxygen atoms in total. The van der Waals surface area contributed by atoms with E-state index in [1.54, 1.807) is 0 Å². The van der Waals surface area contributed by atoms with Gasteiger partial charge >= 0.3 is 6.18 Å². The largest absolute Gasteiger partial charge is 0.437 e. The number of pyridine rings is 1. The fourth-order valence-corrected chi connectivity index (χ4v) is 3.39. The number of hydrogen-bond donors (Lipinski definition) is 1. The van der Waals surface area contributed by atoms with Crippen molar-refractivity contribution >= 4 is 33.0 Å². The van der Waals surface area contributed by atoms with Gasteiger partial charge in [-0.2, -0.15) is 13.2 Å². The van der Waals surface area contributed by atoms with Crippen molar-refractivity contribution in [2.45, 2.75) is 11.1 Å². The van der Waals surface area contributed by atoms with E-state index in [2.05, 4.69) is 10.3 Å². The molecule has 1 amide bonds. The number of halogens is 5. The molecule has 0 atom stereocenters. The minimum absolute atomic E-state index is 0.0149. The van der Waals surface area contributed by atoms with Crippen LogP contribution >= 0.6 is 11.6 Å². The lowest BCUT2D eigenvalue weighted by Gasteiger charge is -2.14. The van der Waals surface area contributed by atoms with Crippen LogP contribution in [0.15, 0.2) is 59.6 Å². The van der Waals surface area contributed by atoms with Crippen LogP contribution in [0.25, 0.3) is 0 Å². The standard InChI is InChI=1S/C20H13ClF4N2O4S/c1-32(29,30)14-4-2-3-13(9-14)27-18(28)15-7-11(20(23,24)25)10-26-19(15)31-17-6-5-12(22)8-16(17)21/h2-10H,1H3,(H,27,28). The molecule has 0 saturated heterocycles. The topological polar surface area (TPSA) is 85.4 Å². The summed E-state index contributed by atoms with van der Waals surface area (Å²) >= 11 is 5.87. The number of amides is 1. The quantitative estimate of drug-likeness (QED) is 0.490. The lowest BCUT2D eigenvalue weighted by atomic mass is 10.1. The summed E-state index contributed by atoms with van der Waals surface area (Å²) in [5, 5.41) is 2.12. The second-order valence-corrected chi connectivity index (χ2v) is 8.93. The molecular weight excluding hydrogens is 476 g/mol. The van der Waals surface area contributed by atoms with Gasteiger partial charge in [0, 0.05) is 18.1 Å². The third-order valence-electron chi connectivity index (χ3n) is 4.04. The summed E-state index contributed by atoms with van der Waals surface area (Å²) in [6.07, 6.45) is -3.37. The van der Waals surface area contributed by atoms with Gasteiger partial charge in [-0.3, -0.25) is 4.79 Å². The first-order valence-electron chi connectivity index (χ1n) is 8.66. The highest BCUT2D eigenvalue weighted by atomic mass is 35.5. The molecule has 168 valence electrons. The maximum absolute atomic E-state index is 13.2.